The van der Waals surface area contributed by atoms with Crippen molar-refractivity contribution in [2.24, 2.45) is 0 Å². The number of hydrogen-bond acceptors (Lipinski definition) is 5. The predicted octanol–water partition coefficient (Wildman–Crippen LogP) is 0.392. The van der Waals surface area contributed by atoms with Gasteiger partial charge < -0.3 is 10.5 Å². The Morgan fingerprint density at radius 1 is 1.47 bits per heavy atom. The van der Waals surface area contributed by atoms with Gasteiger partial charge in [0.15, 0.2) is 11.6 Å². The van der Waals surface area contributed by atoms with Crippen molar-refractivity contribution in [2.45, 2.75) is 0 Å². The molecule has 1 heterocycles. The summed E-state index contributed by atoms with van der Waals surface area (Å²) in [5, 5.41) is 10.5. The van der Waals surface area contributed by atoms with Crippen LogP contribution in [-0.4, -0.2) is 27.3 Å². The second kappa shape index (κ2) is 3.52. The van der Waals surface area contributed by atoms with Crippen LogP contribution in [0, 0.1) is 5.82 Å². The largest absolute Gasteiger partial charge is 0.494 e. The minimum atomic E-state index is -0.451. The number of nitrogens with two attached hydrogens (primary N) is 1. The Balaban J connectivity index is 2.51. The quantitative estimate of drug-likeness (QED) is 0.774. The van der Waals surface area contributed by atoms with Crippen LogP contribution in [0.25, 0.3) is 5.69 Å². The molecule has 0 atom stereocenters. The molecule has 0 radical (unpaired) electrons. The molecular formula is C8H8FN5O. The van der Waals surface area contributed by atoms with Crippen LogP contribution in [-0.2, 0) is 0 Å². The third kappa shape index (κ3) is 1.58. The summed E-state index contributed by atoms with van der Waals surface area (Å²) in [5.74, 6) is -0.209. The normalized spacial score (nSPS) is 10.3. The van der Waals surface area contributed by atoms with Gasteiger partial charge in [-0.05, 0) is 22.6 Å². The van der Waals surface area contributed by atoms with Gasteiger partial charge in [-0.15, -0.1) is 0 Å². The molecule has 6 nitrogen and oxygen atoms in total. The average Bonchev–Trinajstić information content (AvgIpc) is 2.65. The molecule has 15 heavy (non-hydrogen) atoms. The van der Waals surface area contributed by atoms with Crippen molar-refractivity contribution >= 4 is 5.95 Å². The number of halogens is 1. The summed E-state index contributed by atoms with van der Waals surface area (Å²) in [6.07, 6.45) is 0. The van der Waals surface area contributed by atoms with Gasteiger partial charge in [-0.1, -0.05) is 5.10 Å². The first kappa shape index (κ1) is 9.38. The molecular weight excluding hydrogens is 201 g/mol. The lowest BCUT2D eigenvalue weighted by Gasteiger charge is -2.05. The Bertz CT molecular complexity index is 484. The third-order valence-corrected chi connectivity index (χ3v) is 1.87. The molecule has 0 aliphatic carbocycles. The number of rotatable bonds is 2. The third-order valence-electron chi connectivity index (χ3n) is 1.87. The van der Waals surface area contributed by atoms with Crippen molar-refractivity contribution in [3.05, 3.63) is 24.0 Å². The van der Waals surface area contributed by atoms with Crippen molar-refractivity contribution in [2.75, 3.05) is 12.8 Å². The number of tetrazole rings is 1. The fraction of sp³-hybridized carbons (Fsp3) is 0.125. The Kier molecular flexibility index (Phi) is 2.20. The molecule has 0 unspecified atom stereocenters. The van der Waals surface area contributed by atoms with Gasteiger partial charge in [0.05, 0.1) is 12.8 Å². The molecule has 2 aromatic rings. The Morgan fingerprint density at radius 3 is 2.87 bits per heavy atom. The SMILES string of the molecule is COc1cc(-n2nnnc2N)ccc1F. The second-order valence-electron chi connectivity index (χ2n) is 2.77. The van der Waals surface area contributed by atoms with Crippen LogP contribution in [0.5, 0.6) is 5.75 Å². The van der Waals surface area contributed by atoms with Crippen LogP contribution in [0.3, 0.4) is 0 Å². The molecule has 0 saturated carbocycles. The van der Waals surface area contributed by atoms with E-state index < -0.39 is 5.82 Å². The highest BCUT2D eigenvalue weighted by Crippen LogP contribution is 2.20. The summed E-state index contributed by atoms with van der Waals surface area (Å²) < 4.78 is 19.2. The number of nitrogens with zero attached hydrogens (tertiary/aromatic N) is 4. The summed E-state index contributed by atoms with van der Waals surface area (Å²) in [4.78, 5) is 0. The standard InChI is InChI=1S/C8H8FN5O/c1-15-7-4-5(2-3-6(7)9)14-8(10)11-12-13-14/h2-4H,1H3,(H2,10,11,13). The van der Waals surface area contributed by atoms with E-state index in [-0.39, 0.29) is 11.7 Å². The monoisotopic (exact) mass is 209 g/mol. The first-order valence-corrected chi connectivity index (χ1v) is 4.10. The molecule has 2 rings (SSSR count). The molecule has 78 valence electrons. The van der Waals surface area contributed by atoms with Crippen LogP contribution in [0.1, 0.15) is 0 Å². The van der Waals surface area contributed by atoms with Crippen LogP contribution >= 0.6 is 0 Å². The lowest BCUT2D eigenvalue weighted by molar-refractivity contribution is 0.386. The van der Waals surface area contributed by atoms with E-state index in [0.717, 1.165) is 0 Å². The van der Waals surface area contributed by atoms with Gasteiger partial charge in [0.2, 0.25) is 5.95 Å². The number of nitrogen functional groups attached to an aromatic ring is 1. The summed E-state index contributed by atoms with van der Waals surface area (Å²) in [7, 11) is 1.38. The Labute approximate surface area is 84.5 Å². The van der Waals surface area contributed by atoms with Crippen LogP contribution in [0.15, 0.2) is 18.2 Å². The molecule has 0 amide bonds. The van der Waals surface area contributed by atoms with Crippen LogP contribution in [0.4, 0.5) is 10.3 Å². The number of anilines is 1. The number of benzene rings is 1. The molecule has 7 heteroatoms. The van der Waals surface area contributed by atoms with Crippen molar-refractivity contribution in [1.29, 1.82) is 0 Å². The minimum absolute atomic E-state index is 0.113. The van der Waals surface area contributed by atoms with E-state index in [1.807, 2.05) is 0 Å². The first-order valence-electron chi connectivity index (χ1n) is 4.10. The number of ether oxygens (including phenoxy) is 1. The number of methoxy groups -OCH3 is 1. The maximum atomic E-state index is 13.1. The highest BCUT2D eigenvalue weighted by atomic mass is 19.1. The minimum Gasteiger partial charge on any atom is -0.494 e. The second-order valence-corrected chi connectivity index (χ2v) is 2.77. The molecule has 0 spiro atoms. The van der Waals surface area contributed by atoms with Gasteiger partial charge in [0.1, 0.15) is 0 Å². The molecule has 0 bridgehead atoms. The van der Waals surface area contributed by atoms with Gasteiger partial charge in [-0.25, -0.2) is 4.39 Å². The molecule has 0 fully saturated rings. The molecule has 1 aromatic heterocycles. The Hall–Kier alpha value is -2.18. The fourth-order valence-corrected chi connectivity index (χ4v) is 1.16. The van der Waals surface area contributed by atoms with E-state index in [2.05, 4.69) is 15.5 Å². The highest BCUT2D eigenvalue weighted by Gasteiger charge is 2.08. The number of hydrogen-bond donors (Lipinski definition) is 1. The van der Waals surface area contributed by atoms with E-state index in [1.54, 1.807) is 0 Å². The molecule has 1 aromatic carbocycles. The van der Waals surface area contributed by atoms with Gasteiger partial charge in [-0.2, -0.15) is 4.68 Å². The smallest absolute Gasteiger partial charge is 0.245 e. The number of aromatic nitrogens is 4. The fourth-order valence-electron chi connectivity index (χ4n) is 1.16. The summed E-state index contributed by atoms with van der Waals surface area (Å²) in [5.41, 5.74) is 6.03. The molecule has 0 saturated heterocycles. The van der Waals surface area contributed by atoms with E-state index in [0.29, 0.717) is 5.69 Å². The van der Waals surface area contributed by atoms with Gasteiger partial charge in [0.25, 0.3) is 0 Å². The van der Waals surface area contributed by atoms with Crippen molar-refractivity contribution in [1.82, 2.24) is 20.2 Å². The van der Waals surface area contributed by atoms with Crippen molar-refractivity contribution < 1.29 is 9.13 Å². The molecule has 2 N–H and O–H groups in total. The van der Waals surface area contributed by atoms with Gasteiger partial charge in [0, 0.05) is 6.07 Å². The lowest BCUT2D eigenvalue weighted by Crippen LogP contribution is -2.03. The van der Waals surface area contributed by atoms with E-state index in [9.17, 15) is 4.39 Å². The first-order chi connectivity index (χ1) is 7.22. The van der Waals surface area contributed by atoms with Gasteiger partial charge in [-0.3, -0.25) is 0 Å². The van der Waals surface area contributed by atoms with E-state index in [4.69, 9.17) is 10.5 Å². The highest BCUT2D eigenvalue weighted by molar-refractivity contribution is 5.42. The topological polar surface area (TPSA) is 78.8 Å². The average molecular weight is 209 g/mol. The predicted molar refractivity (Wildman–Crippen MR) is 50.1 cm³/mol. The van der Waals surface area contributed by atoms with Crippen molar-refractivity contribution in [3.63, 3.8) is 0 Å². The summed E-state index contributed by atoms with van der Waals surface area (Å²) in [6, 6.07) is 4.22. The summed E-state index contributed by atoms with van der Waals surface area (Å²) >= 11 is 0. The zero-order valence-electron chi connectivity index (χ0n) is 7.88. The maximum Gasteiger partial charge on any atom is 0.245 e. The summed E-state index contributed by atoms with van der Waals surface area (Å²) in [6.45, 7) is 0. The lowest BCUT2D eigenvalue weighted by atomic mass is 10.3. The van der Waals surface area contributed by atoms with Crippen molar-refractivity contribution in [3.8, 4) is 11.4 Å². The van der Waals surface area contributed by atoms with Crippen LogP contribution in [0.2, 0.25) is 0 Å². The van der Waals surface area contributed by atoms with E-state index >= 15 is 0 Å². The van der Waals surface area contributed by atoms with Gasteiger partial charge >= 0.3 is 0 Å². The zero-order valence-corrected chi connectivity index (χ0v) is 7.88. The molecule has 0 aliphatic rings. The van der Waals surface area contributed by atoms with Crippen LogP contribution < -0.4 is 10.5 Å². The molecule has 0 aliphatic heterocycles. The maximum absolute atomic E-state index is 13.1. The Morgan fingerprint density at radius 2 is 2.27 bits per heavy atom. The zero-order chi connectivity index (χ0) is 10.8. The van der Waals surface area contributed by atoms with E-state index in [1.165, 1.54) is 30.0 Å².